The van der Waals surface area contributed by atoms with Crippen LogP contribution in [0.5, 0.6) is 11.5 Å². The molecule has 0 aliphatic carbocycles. The molecule has 2 aromatic carbocycles. The SMILES string of the molecule is Br.CCOC(=O)C1(c2ccccc2)CCN(CCOc2cccc(OC)c2)CC1. The number of esters is 1. The van der Waals surface area contributed by atoms with E-state index < -0.39 is 5.41 Å². The number of methoxy groups -OCH3 is 1. The quantitative estimate of drug-likeness (QED) is 0.547. The van der Waals surface area contributed by atoms with Gasteiger partial charge in [0.2, 0.25) is 0 Å². The molecule has 1 saturated heterocycles. The number of benzene rings is 2. The van der Waals surface area contributed by atoms with Crippen molar-refractivity contribution in [1.29, 1.82) is 0 Å². The Balaban J connectivity index is 0.00000300. The molecular formula is C23H30BrNO4. The Hall–Kier alpha value is -2.05. The van der Waals surface area contributed by atoms with Gasteiger partial charge < -0.3 is 14.2 Å². The molecule has 0 N–H and O–H groups in total. The number of piperidine rings is 1. The topological polar surface area (TPSA) is 48.0 Å². The van der Waals surface area contributed by atoms with Crippen LogP contribution in [-0.2, 0) is 14.9 Å². The number of nitrogens with zero attached hydrogens (tertiary/aromatic N) is 1. The zero-order valence-electron chi connectivity index (χ0n) is 17.1. The molecule has 1 aliphatic rings. The van der Waals surface area contributed by atoms with Crippen molar-refractivity contribution in [1.82, 2.24) is 4.90 Å². The minimum atomic E-state index is -0.540. The van der Waals surface area contributed by atoms with Crippen LogP contribution < -0.4 is 9.47 Å². The van der Waals surface area contributed by atoms with Gasteiger partial charge in [0, 0.05) is 12.6 Å². The third kappa shape index (κ3) is 5.73. The first-order valence-electron chi connectivity index (χ1n) is 9.90. The zero-order valence-corrected chi connectivity index (χ0v) is 18.8. The summed E-state index contributed by atoms with van der Waals surface area (Å²) >= 11 is 0. The summed E-state index contributed by atoms with van der Waals surface area (Å²) in [7, 11) is 1.65. The Kier molecular flexibility index (Phi) is 8.99. The Morgan fingerprint density at radius 3 is 2.38 bits per heavy atom. The van der Waals surface area contributed by atoms with Crippen LogP contribution in [0.25, 0.3) is 0 Å². The Morgan fingerprint density at radius 2 is 1.72 bits per heavy atom. The molecule has 1 aliphatic heterocycles. The summed E-state index contributed by atoms with van der Waals surface area (Å²) in [5.41, 5.74) is 0.516. The summed E-state index contributed by atoms with van der Waals surface area (Å²) < 4.78 is 16.5. The highest BCUT2D eigenvalue weighted by Gasteiger charge is 2.44. The largest absolute Gasteiger partial charge is 0.497 e. The minimum absolute atomic E-state index is 0. The van der Waals surface area contributed by atoms with Gasteiger partial charge in [-0.2, -0.15) is 0 Å². The first-order valence-corrected chi connectivity index (χ1v) is 9.90. The Bertz CT molecular complexity index is 760. The molecule has 158 valence electrons. The van der Waals surface area contributed by atoms with Crippen molar-refractivity contribution in [3.05, 3.63) is 60.2 Å². The van der Waals surface area contributed by atoms with Gasteiger partial charge >= 0.3 is 5.97 Å². The lowest BCUT2D eigenvalue weighted by Gasteiger charge is -2.40. The van der Waals surface area contributed by atoms with E-state index in [1.807, 2.05) is 61.5 Å². The fourth-order valence-electron chi connectivity index (χ4n) is 3.78. The molecule has 0 bridgehead atoms. The third-order valence-corrected chi connectivity index (χ3v) is 5.42. The average Bonchev–Trinajstić information content (AvgIpc) is 2.75. The predicted molar refractivity (Wildman–Crippen MR) is 119 cm³/mol. The summed E-state index contributed by atoms with van der Waals surface area (Å²) in [6, 6.07) is 17.7. The normalized spacial score (nSPS) is 15.8. The molecule has 0 amide bonds. The van der Waals surface area contributed by atoms with Gasteiger partial charge in [-0.05, 0) is 50.6 Å². The molecule has 2 aromatic rings. The van der Waals surface area contributed by atoms with E-state index in [1.165, 1.54) is 0 Å². The number of carbonyl (C=O) groups is 1. The summed E-state index contributed by atoms with van der Waals surface area (Å²) in [4.78, 5) is 15.2. The maximum absolute atomic E-state index is 12.8. The molecule has 1 fully saturated rings. The monoisotopic (exact) mass is 463 g/mol. The van der Waals surface area contributed by atoms with Crippen LogP contribution >= 0.6 is 17.0 Å². The lowest BCUT2D eigenvalue weighted by molar-refractivity contribution is -0.152. The second-order valence-corrected chi connectivity index (χ2v) is 7.04. The lowest BCUT2D eigenvalue weighted by Crippen LogP contribution is -2.48. The maximum Gasteiger partial charge on any atom is 0.316 e. The zero-order chi connectivity index (χ0) is 19.8. The van der Waals surface area contributed by atoms with E-state index in [0.29, 0.717) is 13.2 Å². The van der Waals surface area contributed by atoms with Crippen molar-refractivity contribution in [2.24, 2.45) is 0 Å². The van der Waals surface area contributed by atoms with E-state index in [4.69, 9.17) is 14.2 Å². The van der Waals surface area contributed by atoms with Crippen molar-refractivity contribution in [3.8, 4) is 11.5 Å². The van der Waals surface area contributed by atoms with Crippen LogP contribution in [0.4, 0.5) is 0 Å². The van der Waals surface area contributed by atoms with Crippen LogP contribution in [0, 0.1) is 0 Å². The standard InChI is InChI=1S/C23H29NO4.BrH/c1-3-27-22(25)23(19-8-5-4-6-9-19)12-14-24(15-13-23)16-17-28-21-11-7-10-20(18-21)26-2;/h4-11,18H,3,12-17H2,1-2H3;1H. The number of ether oxygens (including phenoxy) is 3. The maximum atomic E-state index is 12.8. The molecule has 0 spiro atoms. The molecule has 6 heteroatoms. The molecule has 1 heterocycles. The van der Waals surface area contributed by atoms with Crippen molar-refractivity contribution in [2.75, 3.05) is 40.0 Å². The molecule has 3 rings (SSSR count). The first-order chi connectivity index (χ1) is 13.7. The second-order valence-electron chi connectivity index (χ2n) is 7.04. The molecule has 0 atom stereocenters. The van der Waals surface area contributed by atoms with Crippen LogP contribution in [0.15, 0.2) is 54.6 Å². The van der Waals surface area contributed by atoms with E-state index in [0.717, 1.165) is 49.5 Å². The number of hydrogen-bond donors (Lipinski definition) is 0. The van der Waals surface area contributed by atoms with E-state index in [1.54, 1.807) is 7.11 Å². The lowest BCUT2D eigenvalue weighted by atomic mass is 9.72. The van der Waals surface area contributed by atoms with Crippen LogP contribution in [0.1, 0.15) is 25.3 Å². The fourth-order valence-corrected chi connectivity index (χ4v) is 3.78. The minimum Gasteiger partial charge on any atom is -0.497 e. The number of likely N-dealkylation sites (tertiary alicyclic amines) is 1. The van der Waals surface area contributed by atoms with Crippen molar-refractivity contribution in [2.45, 2.75) is 25.2 Å². The molecule has 0 aromatic heterocycles. The van der Waals surface area contributed by atoms with Crippen molar-refractivity contribution >= 4 is 23.0 Å². The highest BCUT2D eigenvalue weighted by atomic mass is 79.9. The van der Waals surface area contributed by atoms with Gasteiger partial charge in [0.1, 0.15) is 18.1 Å². The highest BCUT2D eigenvalue weighted by molar-refractivity contribution is 8.93. The number of halogens is 1. The van der Waals surface area contributed by atoms with Crippen LogP contribution in [0.2, 0.25) is 0 Å². The van der Waals surface area contributed by atoms with Gasteiger partial charge in [-0.1, -0.05) is 36.4 Å². The van der Waals surface area contributed by atoms with Gasteiger partial charge in [-0.25, -0.2) is 0 Å². The van der Waals surface area contributed by atoms with E-state index in [-0.39, 0.29) is 23.0 Å². The Labute approximate surface area is 183 Å². The smallest absolute Gasteiger partial charge is 0.316 e. The highest BCUT2D eigenvalue weighted by Crippen LogP contribution is 2.36. The molecule has 0 unspecified atom stereocenters. The van der Waals surface area contributed by atoms with E-state index in [2.05, 4.69) is 4.90 Å². The van der Waals surface area contributed by atoms with Crippen LogP contribution in [-0.4, -0.2) is 50.8 Å². The van der Waals surface area contributed by atoms with Crippen LogP contribution in [0.3, 0.4) is 0 Å². The van der Waals surface area contributed by atoms with Gasteiger partial charge in [0.15, 0.2) is 0 Å². The number of hydrogen-bond acceptors (Lipinski definition) is 5. The molecular weight excluding hydrogens is 434 g/mol. The average molecular weight is 464 g/mol. The summed E-state index contributed by atoms with van der Waals surface area (Å²) in [6.07, 6.45) is 1.52. The summed E-state index contributed by atoms with van der Waals surface area (Å²) in [5.74, 6) is 1.49. The number of carbonyl (C=O) groups excluding carboxylic acids is 1. The van der Waals surface area contributed by atoms with Gasteiger partial charge in [-0.3, -0.25) is 9.69 Å². The Morgan fingerprint density at radius 1 is 1.03 bits per heavy atom. The molecule has 0 radical (unpaired) electrons. The number of rotatable bonds is 8. The predicted octanol–water partition coefficient (Wildman–Crippen LogP) is 4.25. The molecule has 5 nitrogen and oxygen atoms in total. The first kappa shape index (κ1) is 23.2. The molecule has 29 heavy (non-hydrogen) atoms. The van der Waals surface area contributed by atoms with Gasteiger partial charge in [-0.15, -0.1) is 17.0 Å². The fraction of sp³-hybridized carbons (Fsp3) is 0.435. The van der Waals surface area contributed by atoms with Gasteiger partial charge in [0.25, 0.3) is 0 Å². The van der Waals surface area contributed by atoms with Crippen molar-refractivity contribution < 1.29 is 19.0 Å². The van der Waals surface area contributed by atoms with E-state index >= 15 is 0 Å². The second kappa shape index (κ2) is 11.2. The summed E-state index contributed by atoms with van der Waals surface area (Å²) in [6.45, 7) is 5.38. The van der Waals surface area contributed by atoms with Crippen molar-refractivity contribution in [3.63, 3.8) is 0 Å². The summed E-state index contributed by atoms with van der Waals surface area (Å²) in [5, 5.41) is 0. The van der Waals surface area contributed by atoms with E-state index in [9.17, 15) is 4.79 Å². The third-order valence-electron chi connectivity index (χ3n) is 5.42. The van der Waals surface area contributed by atoms with Gasteiger partial charge in [0.05, 0.1) is 19.1 Å². The molecule has 0 saturated carbocycles.